The van der Waals surface area contributed by atoms with Crippen LogP contribution in [-0.2, 0) is 19.2 Å². The third-order valence-corrected chi connectivity index (χ3v) is 4.94. The number of carbonyl (C=O) groups is 4. The standard InChI is InChI=1S/C24H29NO7/c1-14(2)11-12-32-17-7-5-16(6-8-17)21-18(13-15(3)4)22(28)25(23(21)29)19(24(30)31)9-10-20(26)27/h5-8,11,15,19H,9-10,12-13H2,1-4H3,(H,26,27)(H,30,31). The molecule has 0 fully saturated rings. The Morgan fingerprint density at radius 1 is 1.06 bits per heavy atom. The molecule has 1 aromatic carbocycles. The van der Waals surface area contributed by atoms with Crippen molar-refractivity contribution in [1.82, 2.24) is 4.90 Å². The quantitative estimate of drug-likeness (QED) is 0.396. The molecule has 1 aliphatic heterocycles. The molecule has 1 unspecified atom stereocenters. The first-order chi connectivity index (χ1) is 15.0. The number of nitrogens with zero attached hydrogens (tertiary/aromatic N) is 1. The molecule has 8 heteroatoms. The van der Waals surface area contributed by atoms with Gasteiger partial charge >= 0.3 is 11.9 Å². The van der Waals surface area contributed by atoms with Crippen LogP contribution >= 0.6 is 0 Å². The Hall–Kier alpha value is -3.42. The van der Waals surface area contributed by atoms with E-state index in [4.69, 9.17) is 9.84 Å². The maximum Gasteiger partial charge on any atom is 0.326 e. The Morgan fingerprint density at radius 3 is 2.19 bits per heavy atom. The van der Waals surface area contributed by atoms with E-state index in [1.807, 2.05) is 33.8 Å². The topological polar surface area (TPSA) is 121 Å². The van der Waals surface area contributed by atoms with Gasteiger partial charge in [-0.2, -0.15) is 0 Å². The highest BCUT2D eigenvalue weighted by atomic mass is 16.5. The maximum absolute atomic E-state index is 13.2. The van der Waals surface area contributed by atoms with Crippen LogP contribution in [0.1, 0.15) is 52.5 Å². The molecular formula is C24H29NO7. The molecule has 0 radical (unpaired) electrons. The van der Waals surface area contributed by atoms with E-state index in [1.54, 1.807) is 24.3 Å². The van der Waals surface area contributed by atoms with Crippen molar-refractivity contribution in [2.24, 2.45) is 5.92 Å². The van der Waals surface area contributed by atoms with Gasteiger partial charge in [0.2, 0.25) is 0 Å². The second-order valence-corrected chi connectivity index (χ2v) is 8.34. The van der Waals surface area contributed by atoms with Gasteiger partial charge in [-0.05, 0) is 56.4 Å². The molecule has 1 heterocycles. The summed E-state index contributed by atoms with van der Waals surface area (Å²) in [6, 6.07) is 5.16. The molecule has 2 N–H and O–H groups in total. The van der Waals surface area contributed by atoms with Gasteiger partial charge in [-0.25, -0.2) is 4.79 Å². The molecule has 0 bridgehead atoms. The number of ether oxygens (including phenoxy) is 1. The van der Waals surface area contributed by atoms with Gasteiger partial charge in [-0.3, -0.25) is 19.3 Å². The van der Waals surface area contributed by atoms with Crippen molar-refractivity contribution in [2.75, 3.05) is 6.61 Å². The van der Waals surface area contributed by atoms with Crippen molar-refractivity contribution >= 4 is 29.3 Å². The van der Waals surface area contributed by atoms with E-state index in [0.29, 0.717) is 29.2 Å². The van der Waals surface area contributed by atoms with E-state index < -0.39 is 36.2 Å². The van der Waals surface area contributed by atoms with Crippen LogP contribution in [0.25, 0.3) is 5.57 Å². The van der Waals surface area contributed by atoms with Gasteiger partial charge in [0.1, 0.15) is 18.4 Å². The zero-order valence-electron chi connectivity index (χ0n) is 18.8. The fourth-order valence-electron chi connectivity index (χ4n) is 3.42. The number of hydrogen-bond donors (Lipinski definition) is 2. The lowest BCUT2D eigenvalue weighted by molar-refractivity contribution is -0.154. The van der Waals surface area contributed by atoms with Crippen molar-refractivity contribution in [3.05, 3.63) is 47.1 Å². The number of aliphatic carboxylic acids is 2. The molecule has 0 aliphatic carbocycles. The van der Waals surface area contributed by atoms with Gasteiger partial charge in [-0.15, -0.1) is 0 Å². The van der Waals surface area contributed by atoms with Crippen molar-refractivity contribution in [3.63, 3.8) is 0 Å². The normalized spacial score (nSPS) is 14.7. The van der Waals surface area contributed by atoms with Crippen LogP contribution in [-0.4, -0.2) is 51.5 Å². The Labute approximate surface area is 187 Å². The molecule has 1 aliphatic rings. The van der Waals surface area contributed by atoms with Crippen LogP contribution in [0.5, 0.6) is 5.75 Å². The lowest BCUT2D eigenvalue weighted by Crippen LogP contribution is -2.46. The molecule has 0 saturated carbocycles. The fraction of sp³-hybridized carbons (Fsp3) is 0.417. The zero-order chi connectivity index (χ0) is 24.0. The predicted molar refractivity (Wildman–Crippen MR) is 118 cm³/mol. The third-order valence-electron chi connectivity index (χ3n) is 4.94. The molecule has 172 valence electrons. The highest BCUT2D eigenvalue weighted by Gasteiger charge is 2.44. The molecule has 0 aromatic heterocycles. The van der Waals surface area contributed by atoms with E-state index >= 15 is 0 Å². The second kappa shape index (κ2) is 10.7. The van der Waals surface area contributed by atoms with Crippen LogP contribution in [0, 0.1) is 5.92 Å². The van der Waals surface area contributed by atoms with E-state index in [-0.39, 0.29) is 23.5 Å². The summed E-state index contributed by atoms with van der Waals surface area (Å²) in [7, 11) is 0. The average molecular weight is 443 g/mol. The summed E-state index contributed by atoms with van der Waals surface area (Å²) in [5.41, 5.74) is 2.00. The van der Waals surface area contributed by atoms with Crippen molar-refractivity contribution in [3.8, 4) is 5.75 Å². The largest absolute Gasteiger partial charge is 0.490 e. The molecule has 1 atom stereocenters. The predicted octanol–water partition coefficient (Wildman–Crippen LogP) is 3.52. The van der Waals surface area contributed by atoms with Crippen molar-refractivity contribution in [1.29, 1.82) is 0 Å². The number of carboxylic acid groups (broad SMARTS) is 2. The first-order valence-corrected chi connectivity index (χ1v) is 10.4. The monoisotopic (exact) mass is 443 g/mol. The number of carbonyl (C=O) groups excluding carboxylic acids is 2. The van der Waals surface area contributed by atoms with Gasteiger partial charge < -0.3 is 14.9 Å². The highest BCUT2D eigenvalue weighted by molar-refractivity contribution is 6.36. The first-order valence-electron chi connectivity index (χ1n) is 10.4. The first kappa shape index (κ1) is 24.8. The summed E-state index contributed by atoms with van der Waals surface area (Å²) in [4.78, 5) is 49.7. The molecular weight excluding hydrogens is 414 g/mol. The lowest BCUT2D eigenvalue weighted by atomic mass is 9.95. The SMILES string of the molecule is CC(C)=CCOc1ccc(C2=C(CC(C)C)C(=O)N(C(CCC(=O)O)C(=O)O)C2=O)cc1. The maximum atomic E-state index is 13.2. The van der Waals surface area contributed by atoms with Gasteiger partial charge in [0.25, 0.3) is 11.8 Å². The van der Waals surface area contributed by atoms with E-state index in [9.17, 15) is 24.3 Å². The molecule has 1 aromatic rings. The van der Waals surface area contributed by atoms with Crippen LogP contribution in [0.3, 0.4) is 0 Å². The summed E-state index contributed by atoms with van der Waals surface area (Å²) in [6.07, 6.45) is 1.39. The third kappa shape index (κ3) is 6.06. The van der Waals surface area contributed by atoms with Gasteiger partial charge in [0.15, 0.2) is 0 Å². The Balaban J connectivity index is 2.39. The Morgan fingerprint density at radius 2 is 1.69 bits per heavy atom. The zero-order valence-corrected chi connectivity index (χ0v) is 18.8. The minimum absolute atomic E-state index is 0.0469. The van der Waals surface area contributed by atoms with Crippen LogP contribution < -0.4 is 4.74 Å². The number of hydrogen-bond acceptors (Lipinski definition) is 5. The van der Waals surface area contributed by atoms with E-state index in [2.05, 4.69) is 0 Å². The molecule has 32 heavy (non-hydrogen) atoms. The Bertz CT molecular complexity index is 953. The number of rotatable bonds is 11. The molecule has 0 spiro atoms. The number of carboxylic acids is 2. The van der Waals surface area contributed by atoms with Gasteiger partial charge in [0, 0.05) is 12.0 Å². The summed E-state index contributed by atoms with van der Waals surface area (Å²) in [5, 5.41) is 18.5. The summed E-state index contributed by atoms with van der Waals surface area (Å²) in [5.74, 6) is -3.38. The van der Waals surface area contributed by atoms with E-state index in [1.165, 1.54) is 0 Å². The summed E-state index contributed by atoms with van der Waals surface area (Å²) in [6.45, 7) is 8.11. The summed E-state index contributed by atoms with van der Waals surface area (Å²) < 4.78 is 5.63. The number of benzene rings is 1. The number of amides is 2. The van der Waals surface area contributed by atoms with Gasteiger partial charge in [-0.1, -0.05) is 31.6 Å². The molecule has 2 rings (SSSR count). The second-order valence-electron chi connectivity index (χ2n) is 8.34. The van der Waals surface area contributed by atoms with Crippen LogP contribution in [0.4, 0.5) is 0 Å². The molecule has 8 nitrogen and oxygen atoms in total. The number of imide groups is 1. The van der Waals surface area contributed by atoms with Gasteiger partial charge in [0.05, 0.1) is 5.57 Å². The summed E-state index contributed by atoms with van der Waals surface area (Å²) >= 11 is 0. The molecule has 0 saturated heterocycles. The van der Waals surface area contributed by atoms with E-state index in [0.717, 1.165) is 5.57 Å². The number of allylic oxidation sites excluding steroid dienone is 1. The molecule has 2 amide bonds. The highest BCUT2D eigenvalue weighted by Crippen LogP contribution is 2.35. The smallest absolute Gasteiger partial charge is 0.326 e. The Kier molecular flexibility index (Phi) is 8.34. The van der Waals surface area contributed by atoms with Crippen molar-refractivity contribution in [2.45, 2.75) is 53.0 Å². The minimum Gasteiger partial charge on any atom is -0.490 e. The van der Waals surface area contributed by atoms with Crippen LogP contribution in [0.15, 0.2) is 41.5 Å². The average Bonchev–Trinajstić information content (AvgIpc) is 2.92. The lowest BCUT2D eigenvalue weighted by Gasteiger charge is -2.23. The minimum atomic E-state index is -1.54. The van der Waals surface area contributed by atoms with Crippen molar-refractivity contribution < 1.29 is 34.1 Å². The van der Waals surface area contributed by atoms with Crippen LogP contribution in [0.2, 0.25) is 0 Å². The fourth-order valence-corrected chi connectivity index (χ4v) is 3.42.